The summed E-state index contributed by atoms with van der Waals surface area (Å²) in [5, 5.41) is 0. The molecule has 0 amide bonds. The molecule has 0 aliphatic heterocycles. The van der Waals surface area contributed by atoms with E-state index in [4.69, 9.17) is 5.84 Å². The summed E-state index contributed by atoms with van der Waals surface area (Å²) in [6, 6.07) is 1.84. The second-order valence-electron chi connectivity index (χ2n) is 3.98. The van der Waals surface area contributed by atoms with Crippen LogP contribution >= 0.6 is 11.8 Å². The van der Waals surface area contributed by atoms with Gasteiger partial charge in [0, 0.05) is 11.8 Å². The Bertz CT molecular complexity index is 330. The Morgan fingerprint density at radius 3 is 2.88 bits per heavy atom. The molecule has 0 aliphatic carbocycles. The highest BCUT2D eigenvalue weighted by atomic mass is 32.2. The number of nitrogens with one attached hydrogen (secondary N) is 1. The van der Waals surface area contributed by atoms with Gasteiger partial charge in [0.15, 0.2) is 0 Å². The third-order valence-electron chi connectivity index (χ3n) is 2.38. The van der Waals surface area contributed by atoms with Crippen molar-refractivity contribution in [2.45, 2.75) is 32.9 Å². The van der Waals surface area contributed by atoms with E-state index in [1.165, 1.54) is 6.42 Å². The van der Waals surface area contributed by atoms with Gasteiger partial charge in [-0.3, -0.25) is 0 Å². The van der Waals surface area contributed by atoms with E-state index in [0.717, 1.165) is 28.9 Å². The summed E-state index contributed by atoms with van der Waals surface area (Å²) >= 11 is 1.87. The summed E-state index contributed by atoms with van der Waals surface area (Å²) in [7, 11) is 0. The first-order chi connectivity index (χ1) is 7.65. The zero-order valence-electron chi connectivity index (χ0n) is 10.2. The van der Waals surface area contributed by atoms with E-state index < -0.39 is 0 Å². The molecule has 0 radical (unpaired) electrons. The van der Waals surface area contributed by atoms with E-state index in [1.807, 2.05) is 24.8 Å². The van der Waals surface area contributed by atoms with Crippen LogP contribution in [0, 0.1) is 12.8 Å². The molecule has 1 aromatic rings. The van der Waals surface area contributed by atoms with E-state index in [9.17, 15) is 0 Å². The molecule has 1 atom stereocenters. The average molecular weight is 240 g/mol. The van der Waals surface area contributed by atoms with E-state index in [0.29, 0.717) is 5.82 Å². The largest absolute Gasteiger partial charge is 0.308 e. The summed E-state index contributed by atoms with van der Waals surface area (Å²) in [6.45, 7) is 6.42. The molecule has 1 heterocycles. The molecule has 90 valence electrons. The summed E-state index contributed by atoms with van der Waals surface area (Å²) in [5.74, 6) is 9.63. The standard InChI is InChI=1S/C11H20N4S/c1-4-8(2)6-16-7-11-13-9(3)5-10(14-11)15-12/h5,8H,4,6-7,12H2,1-3H3,(H,13,14,15). The fourth-order valence-corrected chi connectivity index (χ4v) is 2.31. The average Bonchev–Trinajstić information content (AvgIpc) is 2.28. The highest BCUT2D eigenvalue weighted by Gasteiger charge is 2.03. The molecule has 0 aliphatic rings. The van der Waals surface area contributed by atoms with Crippen LogP contribution in [0.15, 0.2) is 6.07 Å². The maximum Gasteiger partial charge on any atom is 0.143 e. The van der Waals surface area contributed by atoms with Crippen LogP contribution in [0.1, 0.15) is 31.8 Å². The second-order valence-corrected chi connectivity index (χ2v) is 5.01. The quantitative estimate of drug-likeness (QED) is 0.590. The monoisotopic (exact) mass is 240 g/mol. The van der Waals surface area contributed by atoms with Crippen LogP contribution in [-0.4, -0.2) is 15.7 Å². The fraction of sp³-hybridized carbons (Fsp3) is 0.636. The van der Waals surface area contributed by atoms with Crippen LogP contribution in [0.4, 0.5) is 5.82 Å². The SMILES string of the molecule is CCC(C)CSCc1nc(C)cc(NN)n1. The number of thioether (sulfide) groups is 1. The lowest BCUT2D eigenvalue weighted by molar-refractivity contribution is 0.636. The van der Waals surface area contributed by atoms with Gasteiger partial charge in [-0.15, -0.1) is 0 Å². The minimum Gasteiger partial charge on any atom is -0.308 e. The van der Waals surface area contributed by atoms with Crippen LogP contribution in [-0.2, 0) is 5.75 Å². The molecule has 0 saturated carbocycles. The Morgan fingerprint density at radius 2 is 2.25 bits per heavy atom. The molecule has 5 heteroatoms. The first-order valence-electron chi connectivity index (χ1n) is 5.54. The predicted octanol–water partition coefficient (Wildman–Crippen LogP) is 2.35. The molecule has 1 aromatic heterocycles. The van der Waals surface area contributed by atoms with Crippen molar-refractivity contribution in [3.05, 3.63) is 17.6 Å². The first kappa shape index (κ1) is 13.3. The summed E-state index contributed by atoms with van der Waals surface area (Å²) < 4.78 is 0. The molecule has 0 aromatic carbocycles. The summed E-state index contributed by atoms with van der Waals surface area (Å²) in [6.07, 6.45) is 1.22. The van der Waals surface area contributed by atoms with Gasteiger partial charge in [-0.1, -0.05) is 20.3 Å². The van der Waals surface area contributed by atoms with Crippen LogP contribution in [0.3, 0.4) is 0 Å². The third-order valence-corrected chi connectivity index (χ3v) is 3.65. The van der Waals surface area contributed by atoms with Crippen LogP contribution in [0.2, 0.25) is 0 Å². The molecule has 16 heavy (non-hydrogen) atoms. The molecule has 3 N–H and O–H groups in total. The lowest BCUT2D eigenvalue weighted by Crippen LogP contribution is -2.10. The van der Waals surface area contributed by atoms with E-state index >= 15 is 0 Å². The number of hydrazine groups is 1. The number of nitrogen functional groups attached to an aromatic ring is 1. The zero-order chi connectivity index (χ0) is 12.0. The minimum atomic E-state index is 0.687. The van der Waals surface area contributed by atoms with Crippen molar-refractivity contribution in [1.82, 2.24) is 9.97 Å². The Kier molecular flexibility index (Phi) is 5.55. The van der Waals surface area contributed by atoms with Gasteiger partial charge in [0.1, 0.15) is 11.6 Å². The lowest BCUT2D eigenvalue weighted by atomic mass is 10.2. The van der Waals surface area contributed by atoms with Crippen LogP contribution < -0.4 is 11.3 Å². The number of hydrogen-bond acceptors (Lipinski definition) is 5. The lowest BCUT2D eigenvalue weighted by Gasteiger charge is -2.08. The molecule has 0 saturated heterocycles. The van der Waals surface area contributed by atoms with Crippen LogP contribution in [0.5, 0.6) is 0 Å². The maximum absolute atomic E-state index is 5.34. The van der Waals surface area contributed by atoms with Gasteiger partial charge in [0.05, 0.1) is 5.75 Å². The topological polar surface area (TPSA) is 63.8 Å². The van der Waals surface area contributed by atoms with Crippen molar-refractivity contribution in [2.75, 3.05) is 11.2 Å². The van der Waals surface area contributed by atoms with Gasteiger partial charge < -0.3 is 5.43 Å². The smallest absolute Gasteiger partial charge is 0.143 e. The highest BCUT2D eigenvalue weighted by molar-refractivity contribution is 7.98. The Hall–Kier alpha value is -0.810. The van der Waals surface area contributed by atoms with Crippen molar-refractivity contribution in [3.8, 4) is 0 Å². The van der Waals surface area contributed by atoms with E-state index in [2.05, 4.69) is 29.2 Å². The van der Waals surface area contributed by atoms with E-state index in [-0.39, 0.29) is 0 Å². The molecule has 0 spiro atoms. The first-order valence-corrected chi connectivity index (χ1v) is 6.70. The Morgan fingerprint density at radius 1 is 1.50 bits per heavy atom. The van der Waals surface area contributed by atoms with Crippen molar-refractivity contribution in [1.29, 1.82) is 0 Å². The van der Waals surface area contributed by atoms with Gasteiger partial charge in [-0.05, 0) is 18.6 Å². The highest BCUT2D eigenvalue weighted by Crippen LogP contribution is 2.16. The molecular weight excluding hydrogens is 220 g/mol. The molecule has 1 rings (SSSR count). The number of nitrogens with two attached hydrogens (primary N) is 1. The van der Waals surface area contributed by atoms with Gasteiger partial charge in [0.25, 0.3) is 0 Å². The number of aromatic nitrogens is 2. The third kappa shape index (κ3) is 4.37. The molecule has 1 unspecified atom stereocenters. The van der Waals surface area contributed by atoms with Gasteiger partial charge >= 0.3 is 0 Å². The summed E-state index contributed by atoms with van der Waals surface area (Å²) in [4.78, 5) is 8.68. The second kappa shape index (κ2) is 6.70. The molecular formula is C11H20N4S. The molecule has 4 nitrogen and oxygen atoms in total. The van der Waals surface area contributed by atoms with Gasteiger partial charge in [0.2, 0.25) is 0 Å². The van der Waals surface area contributed by atoms with Gasteiger partial charge in [-0.2, -0.15) is 11.8 Å². The molecule has 0 fully saturated rings. The number of anilines is 1. The van der Waals surface area contributed by atoms with Gasteiger partial charge in [-0.25, -0.2) is 15.8 Å². The Balaban J connectivity index is 2.50. The predicted molar refractivity (Wildman–Crippen MR) is 70.2 cm³/mol. The van der Waals surface area contributed by atoms with Crippen molar-refractivity contribution >= 4 is 17.6 Å². The maximum atomic E-state index is 5.34. The van der Waals surface area contributed by atoms with Crippen molar-refractivity contribution in [3.63, 3.8) is 0 Å². The van der Waals surface area contributed by atoms with Crippen LogP contribution in [0.25, 0.3) is 0 Å². The Labute approximate surface area is 101 Å². The van der Waals surface area contributed by atoms with Crippen molar-refractivity contribution < 1.29 is 0 Å². The number of rotatable bonds is 6. The number of aryl methyl sites for hydroxylation is 1. The molecule has 0 bridgehead atoms. The van der Waals surface area contributed by atoms with E-state index in [1.54, 1.807) is 0 Å². The zero-order valence-corrected chi connectivity index (χ0v) is 11.0. The fourth-order valence-electron chi connectivity index (χ4n) is 1.24. The summed E-state index contributed by atoms with van der Waals surface area (Å²) in [5.41, 5.74) is 3.50. The number of hydrogen-bond donors (Lipinski definition) is 2. The minimum absolute atomic E-state index is 0.687. The number of nitrogens with zero attached hydrogens (tertiary/aromatic N) is 2. The normalized spacial score (nSPS) is 12.5. The van der Waals surface area contributed by atoms with Crippen molar-refractivity contribution in [2.24, 2.45) is 11.8 Å².